The fraction of sp³-hybridized carbons (Fsp3) is 0.545. The molecule has 1 N–H and O–H groups in total. The van der Waals surface area contributed by atoms with Gasteiger partial charge in [-0.1, -0.05) is 42.7 Å². The molecular weight excluding hydrogens is 372 g/mol. The van der Waals surface area contributed by atoms with Gasteiger partial charge in [-0.2, -0.15) is 0 Å². The highest BCUT2D eigenvalue weighted by molar-refractivity contribution is 6.05. The van der Waals surface area contributed by atoms with E-state index in [-0.39, 0.29) is 36.6 Å². The number of hydrogen-bond acceptors (Lipinski definition) is 5. The van der Waals surface area contributed by atoms with Crippen molar-refractivity contribution < 1.29 is 23.9 Å². The summed E-state index contributed by atoms with van der Waals surface area (Å²) in [4.78, 5) is 50.3. The zero-order valence-corrected chi connectivity index (χ0v) is 17.0. The smallest absolute Gasteiger partial charge is 0.308 e. The summed E-state index contributed by atoms with van der Waals surface area (Å²) in [6, 6.07) is 7.77. The fourth-order valence-corrected chi connectivity index (χ4v) is 4.00. The van der Waals surface area contributed by atoms with Crippen LogP contribution >= 0.6 is 0 Å². The number of aryl methyl sites for hydroxylation is 1. The number of esters is 1. The number of nitrogens with one attached hydrogen (secondary N) is 1. The lowest BCUT2D eigenvalue weighted by molar-refractivity contribution is -0.155. The van der Waals surface area contributed by atoms with Crippen LogP contribution in [-0.4, -0.2) is 41.2 Å². The first-order valence-electron chi connectivity index (χ1n) is 10.2. The average molecular weight is 400 g/mol. The number of hydrogen-bond donors (Lipinski definition) is 1. The monoisotopic (exact) mass is 400 g/mol. The third kappa shape index (κ3) is 5.02. The molecule has 0 bridgehead atoms. The van der Waals surface area contributed by atoms with Gasteiger partial charge in [-0.05, 0) is 32.3 Å². The van der Waals surface area contributed by atoms with Crippen LogP contribution in [0.1, 0.15) is 50.2 Å². The topological polar surface area (TPSA) is 92.8 Å². The van der Waals surface area contributed by atoms with Crippen LogP contribution in [-0.2, 0) is 30.5 Å². The number of ether oxygens (including phenoxy) is 1. The normalized spacial score (nSPS) is 22.2. The minimum Gasteiger partial charge on any atom is -0.452 e. The average Bonchev–Trinajstić information content (AvgIpc) is 2.96. The summed E-state index contributed by atoms with van der Waals surface area (Å²) in [7, 11) is 0. The molecule has 0 aromatic heterocycles. The van der Waals surface area contributed by atoms with Gasteiger partial charge in [0, 0.05) is 13.1 Å². The van der Waals surface area contributed by atoms with Gasteiger partial charge in [-0.3, -0.25) is 24.1 Å². The van der Waals surface area contributed by atoms with Gasteiger partial charge in [0.1, 0.15) is 0 Å². The van der Waals surface area contributed by atoms with Crippen LogP contribution in [0.4, 0.5) is 0 Å². The molecule has 156 valence electrons. The van der Waals surface area contributed by atoms with Gasteiger partial charge in [-0.15, -0.1) is 0 Å². The van der Waals surface area contributed by atoms with Crippen LogP contribution in [0.25, 0.3) is 0 Å². The maximum Gasteiger partial charge on any atom is 0.308 e. The molecule has 7 nitrogen and oxygen atoms in total. The molecule has 2 aliphatic rings. The molecule has 1 saturated carbocycles. The first kappa shape index (κ1) is 21.0. The van der Waals surface area contributed by atoms with E-state index >= 15 is 0 Å². The number of benzene rings is 1. The quantitative estimate of drug-likeness (QED) is 0.559. The van der Waals surface area contributed by atoms with E-state index in [1.165, 1.54) is 11.8 Å². The van der Waals surface area contributed by atoms with E-state index in [1.807, 2.05) is 31.2 Å². The summed E-state index contributed by atoms with van der Waals surface area (Å²) in [5.41, 5.74) is 2.09. The molecule has 0 spiro atoms. The van der Waals surface area contributed by atoms with Crippen molar-refractivity contribution >= 4 is 23.7 Å². The Labute approximate surface area is 170 Å². The molecule has 3 atom stereocenters. The molecule has 1 heterocycles. The van der Waals surface area contributed by atoms with Crippen molar-refractivity contribution in [1.29, 1.82) is 0 Å². The third-order valence-corrected chi connectivity index (χ3v) is 5.74. The molecule has 3 amide bonds. The number of fused-ring (bicyclic) bond motifs is 1. The van der Waals surface area contributed by atoms with Crippen LogP contribution < -0.4 is 5.32 Å². The zero-order chi connectivity index (χ0) is 21.0. The summed E-state index contributed by atoms with van der Waals surface area (Å²) < 4.78 is 5.17. The minimum absolute atomic E-state index is 0.0151. The van der Waals surface area contributed by atoms with E-state index in [0.29, 0.717) is 6.54 Å². The van der Waals surface area contributed by atoms with Crippen molar-refractivity contribution in [2.45, 2.75) is 58.6 Å². The maximum atomic E-state index is 12.4. The van der Waals surface area contributed by atoms with Crippen molar-refractivity contribution in [3.05, 3.63) is 35.4 Å². The molecule has 7 heteroatoms. The van der Waals surface area contributed by atoms with Crippen LogP contribution in [0, 0.1) is 18.8 Å². The van der Waals surface area contributed by atoms with Crippen LogP contribution in [0.3, 0.4) is 0 Å². The second kappa shape index (κ2) is 9.20. The van der Waals surface area contributed by atoms with Crippen molar-refractivity contribution in [2.24, 2.45) is 11.8 Å². The number of carbonyl (C=O) groups excluding carboxylic acids is 4. The predicted molar refractivity (Wildman–Crippen MR) is 105 cm³/mol. The summed E-state index contributed by atoms with van der Waals surface area (Å²) in [6.07, 6.45) is 2.37. The van der Waals surface area contributed by atoms with Crippen molar-refractivity contribution in [1.82, 2.24) is 10.2 Å². The van der Waals surface area contributed by atoms with Crippen molar-refractivity contribution in [3.8, 4) is 0 Å². The van der Waals surface area contributed by atoms with E-state index in [2.05, 4.69) is 5.32 Å². The van der Waals surface area contributed by atoms with Crippen molar-refractivity contribution in [2.75, 3.05) is 6.54 Å². The molecule has 0 unspecified atom stereocenters. The third-order valence-electron chi connectivity index (χ3n) is 5.74. The molecule has 3 rings (SSSR count). The van der Waals surface area contributed by atoms with E-state index in [9.17, 15) is 19.2 Å². The van der Waals surface area contributed by atoms with E-state index in [4.69, 9.17) is 4.74 Å². The molecule has 1 aromatic carbocycles. The number of likely N-dealkylation sites (tertiary alicyclic amines) is 1. The Hall–Kier alpha value is -2.70. The maximum absolute atomic E-state index is 12.4. The standard InChI is InChI=1S/C22H28N2O5/c1-14-7-9-16(10-8-14)13-23-20(26)15(2)29-19(25)11-12-24-21(27)17-5-3-4-6-18(17)22(24)28/h7-10,15,17-18H,3-6,11-13H2,1-2H3,(H,23,26)/t15-,17+,18+/m1/s1. The number of amides is 3. The highest BCUT2D eigenvalue weighted by atomic mass is 16.5. The zero-order valence-electron chi connectivity index (χ0n) is 17.0. The van der Waals surface area contributed by atoms with E-state index in [0.717, 1.165) is 36.8 Å². The van der Waals surface area contributed by atoms with Gasteiger partial charge in [0.25, 0.3) is 5.91 Å². The molecule has 1 aliphatic carbocycles. The van der Waals surface area contributed by atoms with Gasteiger partial charge in [0.15, 0.2) is 6.10 Å². The van der Waals surface area contributed by atoms with Gasteiger partial charge >= 0.3 is 5.97 Å². The highest BCUT2D eigenvalue weighted by Crippen LogP contribution is 2.37. The fourth-order valence-electron chi connectivity index (χ4n) is 4.00. The molecule has 1 aromatic rings. The van der Waals surface area contributed by atoms with E-state index in [1.54, 1.807) is 0 Å². The largest absolute Gasteiger partial charge is 0.452 e. The molecule has 29 heavy (non-hydrogen) atoms. The Morgan fingerprint density at radius 1 is 1.10 bits per heavy atom. The Balaban J connectivity index is 1.42. The first-order valence-corrected chi connectivity index (χ1v) is 10.2. The minimum atomic E-state index is -0.944. The molecule has 2 fully saturated rings. The Morgan fingerprint density at radius 2 is 1.69 bits per heavy atom. The SMILES string of the molecule is Cc1ccc(CNC(=O)[C@@H](C)OC(=O)CCN2C(=O)[C@H]3CCCC[C@@H]3C2=O)cc1. The second-order valence-corrected chi connectivity index (χ2v) is 7.91. The van der Waals surface area contributed by atoms with Gasteiger partial charge in [-0.25, -0.2) is 0 Å². The molecular formula is C22H28N2O5. The number of imide groups is 1. The first-order chi connectivity index (χ1) is 13.9. The Kier molecular flexibility index (Phi) is 6.67. The van der Waals surface area contributed by atoms with Gasteiger partial charge < -0.3 is 10.1 Å². The van der Waals surface area contributed by atoms with E-state index < -0.39 is 18.0 Å². The lowest BCUT2D eigenvalue weighted by atomic mass is 9.81. The Morgan fingerprint density at radius 3 is 2.28 bits per heavy atom. The van der Waals surface area contributed by atoms with Gasteiger partial charge in [0.05, 0.1) is 18.3 Å². The number of carbonyl (C=O) groups is 4. The summed E-state index contributed by atoms with van der Waals surface area (Å²) >= 11 is 0. The molecule has 1 saturated heterocycles. The molecule has 0 radical (unpaired) electrons. The van der Waals surface area contributed by atoms with Crippen LogP contribution in [0.15, 0.2) is 24.3 Å². The van der Waals surface area contributed by atoms with Gasteiger partial charge in [0.2, 0.25) is 11.8 Å². The lowest BCUT2D eigenvalue weighted by Crippen LogP contribution is -2.37. The van der Waals surface area contributed by atoms with Crippen molar-refractivity contribution in [3.63, 3.8) is 0 Å². The van der Waals surface area contributed by atoms with Crippen LogP contribution in [0.5, 0.6) is 0 Å². The van der Waals surface area contributed by atoms with Crippen LogP contribution in [0.2, 0.25) is 0 Å². The highest BCUT2D eigenvalue weighted by Gasteiger charge is 2.47. The Bertz CT molecular complexity index is 765. The lowest BCUT2D eigenvalue weighted by Gasteiger charge is -2.19. The second-order valence-electron chi connectivity index (χ2n) is 7.91. The molecule has 1 aliphatic heterocycles. The number of rotatable bonds is 7. The summed E-state index contributed by atoms with van der Waals surface area (Å²) in [6.45, 7) is 3.85. The number of nitrogens with zero attached hydrogens (tertiary/aromatic N) is 1. The predicted octanol–water partition coefficient (Wildman–Crippen LogP) is 2.11. The summed E-state index contributed by atoms with van der Waals surface area (Å²) in [5.74, 6) is -1.78. The summed E-state index contributed by atoms with van der Waals surface area (Å²) in [5, 5.41) is 2.73.